The molecular weight excluding hydrogens is 320 g/mol. The summed E-state index contributed by atoms with van der Waals surface area (Å²) in [6, 6.07) is 9.55. The van der Waals surface area contributed by atoms with Crippen molar-refractivity contribution in [3.05, 3.63) is 36.0 Å². The summed E-state index contributed by atoms with van der Waals surface area (Å²) in [6.07, 6.45) is 0. The van der Waals surface area contributed by atoms with Crippen LogP contribution in [0.3, 0.4) is 0 Å². The zero-order valence-corrected chi connectivity index (χ0v) is 14.4. The number of likely N-dealkylation sites (N-methyl/N-ethyl adjacent to an activating group) is 2. The monoisotopic (exact) mass is 340 g/mol. The van der Waals surface area contributed by atoms with Crippen molar-refractivity contribution in [1.29, 1.82) is 0 Å². The summed E-state index contributed by atoms with van der Waals surface area (Å²) in [5, 5.41) is 16.7. The largest absolute Gasteiger partial charge is 0.373 e. The summed E-state index contributed by atoms with van der Waals surface area (Å²) >= 11 is 0. The topological polar surface area (TPSA) is 103 Å². The van der Waals surface area contributed by atoms with Gasteiger partial charge in [0.2, 0.25) is 0 Å². The van der Waals surface area contributed by atoms with Gasteiger partial charge >= 0.3 is 0 Å². The van der Waals surface area contributed by atoms with Crippen LogP contribution in [0.2, 0.25) is 0 Å². The average Bonchev–Trinajstić information content (AvgIpc) is 3.11. The van der Waals surface area contributed by atoms with E-state index < -0.39 is 0 Å². The predicted molar refractivity (Wildman–Crippen MR) is 95.7 cm³/mol. The second-order valence-corrected chi connectivity index (χ2v) is 5.96. The second-order valence-electron chi connectivity index (χ2n) is 5.96. The lowest BCUT2D eigenvalue weighted by Gasteiger charge is -2.23. The van der Waals surface area contributed by atoms with Crippen LogP contribution < -0.4 is 10.2 Å². The van der Waals surface area contributed by atoms with E-state index in [0.717, 1.165) is 29.7 Å². The number of nitrogens with zero attached hydrogens (tertiary/aromatic N) is 6. The molecule has 3 rings (SSSR count). The molecule has 9 heteroatoms. The molecule has 1 amide bonds. The van der Waals surface area contributed by atoms with Crippen molar-refractivity contribution < 1.29 is 4.79 Å². The molecule has 9 nitrogen and oxygen atoms in total. The lowest BCUT2D eigenvalue weighted by atomic mass is 10.1. The zero-order valence-electron chi connectivity index (χ0n) is 14.4. The lowest BCUT2D eigenvalue weighted by molar-refractivity contribution is 0.102. The number of carbonyl (C=O) groups is 1. The fraction of sp³-hybridized carbons (Fsp3) is 0.312. The first-order valence-electron chi connectivity index (χ1n) is 7.85. The van der Waals surface area contributed by atoms with E-state index in [9.17, 15) is 4.79 Å². The van der Waals surface area contributed by atoms with E-state index in [1.807, 2.05) is 45.4 Å². The fourth-order valence-electron chi connectivity index (χ4n) is 2.44. The van der Waals surface area contributed by atoms with Crippen molar-refractivity contribution in [2.24, 2.45) is 0 Å². The van der Waals surface area contributed by atoms with Gasteiger partial charge in [0.25, 0.3) is 11.9 Å². The molecule has 2 N–H and O–H groups in total. The van der Waals surface area contributed by atoms with Crippen molar-refractivity contribution >= 4 is 28.4 Å². The number of H-pyrrole nitrogens is 1. The molecule has 0 unspecified atom stereocenters. The molecule has 130 valence electrons. The number of hydrogen-bond donors (Lipinski definition) is 2. The van der Waals surface area contributed by atoms with Crippen LogP contribution in [0.25, 0.3) is 10.9 Å². The Morgan fingerprint density at radius 1 is 1.20 bits per heavy atom. The van der Waals surface area contributed by atoms with E-state index in [0.29, 0.717) is 5.69 Å². The Morgan fingerprint density at radius 3 is 2.72 bits per heavy atom. The minimum atomic E-state index is -0.380. The molecule has 0 aliphatic carbocycles. The summed E-state index contributed by atoms with van der Waals surface area (Å²) in [7, 11) is 6.07. The van der Waals surface area contributed by atoms with Crippen LogP contribution in [0.5, 0.6) is 0 Å². The minimum absolute atomic E-state index is 0.113. The van der Waals surface area contributed by atoms with Gasteiger partial charge in [-0.3, -0.25) is 10.1 Å². The summed E-state index contributed by atoms with van der Waals surface area (Å²) < 4.78 is 0. The van der Waals surface area contributed by atoms with Crippen LogP contribution >= 0.6 is 0 Å². The molecule has 2 heterocycles. The normalized spacial score (nSPS) is 11.0. The standard InChI is InChI=1S/C16H20N8O/c1-23(2)8-9-24(3)14-10-13(15(25)18-16-19-21-22-20-16)17-12-7-5-4-6-11(12)14/h4-7,10H,8-9H2,1-3H3,(H2,18,19,20,21,22,25). The Balaban J connectivity index is 1.95. The Morgan fingerprint density at radius 2 is 2.00 bits per heavy atom. The van der Waals surface area contributed by atoms with E-state index in [4.69, 9.17) is 0 Å². The molecule has 2 aromatic heterocycles. The van der Waals surface area contributed by atoms with Crippen LogP contribution in [0.1, 0.15) is 10.5 Å². The van der Waals surface area contributed by atoms with Gasteiger partial charge in [0, 0.05) is 31.2 Å². The van der Waals surface area contributed by atoms with Gasteiger partial charge in [-0.05, 0) is 31.4 Å². The number of pyridine rings is 1. The maximum absolute atomic E-state index is 12.5. The summed E-state index contributed by atoms with van der Waals surface area (Å²) in [4.78, 5) is 21.2. The number of tetrazole rings is 1. The SMILES string of the molecule is CN(C)CCN(C)c1cc(C(=O)Nc2nn[nH]n2)nc2ccccc12. The Hall–Kier alpha value is -3.07. The first-order valence-corrected chi connectivity index (χ1v) is 7.85. The van der Waals surface area contributed by atoms with Crippen LogP contribution in [0.15, 0.2) is 30.3 Å². The van der Waals surface area contributed by atoms with E-state index in [2.05, 4.69) is 40.7 Å². The van der Waals surface area contributed by atoms with Crippen molar-refractivity contribution in [3.63, 3.8) is 0 Å². The van der Waals surface area contributed by atoms with Crippen molar-refractivity contribution in [2.45, 2.75) is 0 Å². The third-order valence-corrected chi connectivity index (χ3v) is 3.79. The number of fused-ring (bicyclic) bond motifs is 1. The van der Waals surface area contributed by atoms with Gasteiger partial charge < -0.3 is 9.80 Å². The van der Waals surface area contributed by atoms with Crippen LogP contribution in [-0.2, 0) is 0 Å². The van der Waals surface area contributed by atoms with Crippen LogP contribution in [0, 0.1) is 0 Å². The van der Waals surface area contributed by atoms with Gasteiger partial charge in [-0.15, -0.1) is 5.10 Å². The van der Waals surface area contributed by atoms with E-state index in [1.54, 1.807) is 6.07 Å². The van der Waals surface area contributed by atoms with E-state index in [-0.39, 0.29) is 11.9 Å². The number of nitrogens with one attached hydrogen (secondary N) is 2. The highest BCUT2D eigenvalue weighted by molar-refractivity contribution is 6.05. The Bertz CT molecular complexity index is 862. The molecule has 0 aliphatic heterocycles. The number of hydrogen-bond acceptors (Lipinski definition) is 7. The number of carbonyl (C=O) groups excluding carboxylic acids is 1. The molecule has 0 fully saturated rings. The fourth-order valence-corrected chi connectivity index (χ4v) is 2.44. The zero-order chi connectivity index (χ0) is 17.8. The van der Waals surface area contributed by atoms with Crippen molar-refractivity contribution in [3.8, 4) is 0 Å². The number of aromatic amines is 1. The summed E-state index contributed by atoms with van der Waals surface area (Å²) in [5.74, 6) is -0.267. The molecule has 0 bridgehead atoms. The number of benzene rings is 1. The molecule has 0 atom stereocenters. The number of anilines is 2. The first kappa shape index (κ1) is 16.8. The number of amides is 1. The Labute approximate surface area is 145 Å². The van der Waals surface area contributed by atoms with Crippen molar-refractivity contribution in [1.82, 2.24) is 30.5 Å². The van der Waals surface area contributed by atoms with E-state index in [1.165, 1.54) is 0 Å². The van der Waals surface area contributed by atoms with Gasteiger partial charge in [-0.2, -0.15) is 5.21 Å². The molecule has 0 saturated heterocycles. The summed E-state index contributed by atoms with van der Waals surface area (Å²) in [6.45, 7) is 1.73. The van der Waals surface area contributed by atoms with Crippen LogP contribution in [0.4, 0.5) is 11.6 Å². The molecule has 0 saturated carbocycles. The van der Waals surface area contributed by atoms with Gasteiger partial charge in [0.05, 0.1) is 5.52 Å². The van der Waals surface area contributed by atoms with Crippen molar-refractivity contribution in [2.75, 3.05) is 44.4 Å². The summed E-state index contributed by atoms with van der Waals surface area (Å²) in [5.41, 5.74) is 2.01. The smallest absolute Gasteiger partial charge is 0.276 e. The molecule has 0 aliphatic rings. The molecule has 25 heavy (non-hydrogen) atoms. The molecule has 3 aromatic rings. The average molecular weight is 340 g/mol. The molecule has 0 spiro atoms. The predicted octanol–water partition coefficient (Wildman–Crippen LogP) is 0.998. The maximum Gasteiger partial charge on any atom is 0.276 e. The van der Waals surface area contributed by atoms with E-state index >= 15 is 0 Å². The maximum atomic E-state index is 12.5. The van der Waals surface area contributed by atoms with Gasteiger partial charge in [-0.25, -0.2) is 4.98 Å². The second kappa shape index (κ2) is 7.22. The highest BCUT2D eigenvalue weighted by atomic mass is 16.2. The molecule has 1 aromatic carbocycles. The van der Waals surface area contributed by atoms with Gasteiger partial charge in [-0.1, -0.05) is 23.3 Å². The number of para-hydroxylation sites is 1. The quantitative estimate of drug-likeness (QED) is 0.690. The first-order chi connectivity index (χ1) is 12.0. The number of aromatic nitrogens is 5. The highest BCUT2D eigenvalue weighted by Gasteiger charge is 2.16. The minimum Gasteiger partial charge on any atom is -0.373 e. The third kappa shape index (κ3) is 3.89. The number of rotatable bonds is 6. The lowest BCUT2D eigenvalue weighted by Crippen LogP contribution is -2.29. The Kier molecular flexibility index (Phi) is 4.85. The van der Waals surface area contributed by atoms with Gasteiger partial charge in [0.1, 0.15) is 5.69 Å². The molecular formula is C16H20N8O. The molecule has 0 radical (unpaired) electrons. The highest BCUT2D eigenvalue weighted by Crippen LogP contribution is 2.26. The third-order valence-electron chi connectivity index (χ3n) is 3.79. The van der Waals surface area contributed by atoms with Gasteiger partial charge in [0.15, 0.2) is 0 Å². The van der Waals surface area contributed by atoms with Crippen LogP contribution in [-0.4, -0.2) is 70.6 Å².